The fourth-order valence-corrected chi connectivity index (χ4v) is 3.37. The lowest BCUT2D eigenvalue weighted by molar-refractivity contribution is 0.252. The molecule has 0 saturated heterocycles. The molecule has 0 aliphatic heterocycles. The molecule has 5 heteroatoms. The molecular formula is C15H26N2O2S. The number of sulfonamides is 1. The van der Waals surface area contributed by atoms with E-state index in [-0.39, 0.29) is 10.3 Å². The van der Waals surface area contributed by atoms with Gasteiger partial charge in [-0.1, -0.05) is 33.8 Å². The Labute approximate surface area is 122 Å². The van der Waals surface area contributed by atoms with E-state index < -0.39 is 10.0 Å². The summed E-state index contributed by atoms with van der Waals surface area (Å²) in [5.74, 6) is 0.376. The molecule has 4 nitrogen and oxygen atoms in total. The van der Waals surface area contributed by atoms with Crippen LogP contribution in [0.1, 0.15) is 38.8 Å². The molecule has 0 fully saturated rings. The summed E-state index contributed by atoms with van der Waals surface area (Å²) in [7, 11) is -3.59. The average Bonchev–Trinajstić information content (AvgIpc) is 2.32. The third-order valence-corrected chi connectivity index (χ3v) is 5.86. The van der Waals surface area contributed by atoms with E-state index >= 15 is 0 Å². The highest BCUT2D eigenvalue weighted by molar-refractivity contribution is 7.89. The van der Waals surface area contributed by atoms with Crippen molar-refractivity contribution < 1.29 is 8.42 Å². The van der Waals surface area contributed by atoms with Crippen LogP contribution in [0.2, 0.25) is 0 Å². The van der Waals surface area contributed by atoms with Crippen molar-refractivity contribution in [1.29, 1.82) is 0 Å². The zero-order chi connectivity index (χ0) is 15.7. The van der Waals surface area contributed by atoms with Crippen molar-refractivity contribution in [2.24, 2.45) is 11.3 Å². The highest BCUT2D eigenvalue weighted by atomic mass is 32.2. The highest BCUT2D eigenvalue weighted by Crippen LogP contribution is 2.28. The topological polar surface area (TPSA) is 72.2 Å². The Morgan fingerprint density at radius 1 is 1.25 bits per heavy atom. The molecule has 20 heavy (non-hydrogen) atoms. The maximum absolute atomic E-state index is 12.5. The number of anilines is 1. The zero-order valence-electron chi connectivity index (χ0n) is 13.2. The largest absolute Gasteiger partial charge is 0.398 e. The van der Waals surface area contributed by atoms with Crippen LogP contribution in [0.5, 0.6) is 0 Å². The normalized spacial score (nSPS) is 12.9. The maximum atomic E-state index is 12.5. The zero-order valence-corrected chi connectivity index (χ0v) is 14.1. The van der Waals surface area contributed by atoms with Crippen molar-refractivity contribution in [2.75, 3.05) is 12.3 Å². The van der Waals surface area contributed by atoms with Gasteiger partial charge in [0.2, 0.25) is 10.0 Å². The van der Waals surface area contributed by atoms with Crippen molar-refractivity contribution >= 4 is 15.7 Å². The molecule has 0 bridgehead atoms. The summed E-state index contributed by atoms with van der Waals surface area (Å²) in [4.78, 5) is 0.206. The molecule has 0 saturated carbocycles. The summed E-state index contributed by atoms with van der Waals surface area (Å²) in [6.07, 6.45) is 0. The molecule has 3 N–H and O–H groups in total. The number of rotatable bonds is 5. The summed E-state index contributed by atoms with van der Waals surface area (Å²) in [6.45, 7) is 12.3. The third kappa shape index (κ3) is 3.52. The second kappa shape index (κ2) is 5.74. The van der Waals surface area contributed by atoms with Gasteiger partial charge in [-0.05, 0) is 42.4 Å². The lowest BCUT2D eigenvalue weighted by Gasteiger charge is -2.29. The predicted octanol–water partition coefficient (Wildman–Crippen LogP) is 2.85. The lowest BCUT2D eigenvalue weighted by atomic mass is 9.81. The summed E-state index contributed by atoms with van der Waals surface area (Å²) >= 11 is 0. The summed E-state index contributed by atoms with van der Waals surface area (Å²) < 4.78 is 27.7. The predicted molar refractivity (Wildman–Crippen MR) is 84.1 cm³/mol. The molecule has 1 aromatic rings. The maximum Gasteiger partial charge on any atom is 0.242 e. The van der Waals surface area contributed by atoms with Crippen LogP contribution in [0.3, 0.4) is 0 Å². The second-order valence-electron chi connectivity index (χ2n) is 6.39. The minimum absolute atomic E-state index is 0.112. The van der Waals surface area contributed by atoms with Gasteiger partial charge in [-0.3, -0.25) is 0 Å². The van der Waals surface area contributed by atoms with E-state index in [0.717, 1.165) is 5.56 Å². The number of hydrogen-bond acceptors (Lipinski definition) is 3. The standard InChI is InChI=1S/C15H26N2O2S/c1-10(2)15(5,6)9-17-20(18,19)14-12(4)11(3)7-8-13(14)16/h7-8,10,17H,9,16H2,1-6H3. The number of hydrogen-bond donors (Lipinski definition) is 2. The number of nitrogen functional groups attached to an aromatic ring is 1. The van der Waals surface area contributed by atoms with Crippen LogP contribution in [-0.2, 0) is 10.0 Å². The van der Waals surface area contributed by atoms with Crippen molar-refractivity contribution in [3.63, 3.8) is 0 Å². The summed E-state index contributed by atoms with van der Waals surface area (Å²) in [6, 6.07) is 3.48. The van der Waals surface area contributed by atoms with E-state index in [1.165, 1.54) is 0 Å². The molecule has 0 unspecified atom stereocenters. The molecule has 0 radical (unpaired) electrons. The molecule has 0 heterocycles. The molecule has 1 rings (SSSR count). The van der Waals surface area contributed by atoms with Crippen molar-refractivity contribution in [3.8, 4) is 0 Å². The van der Waals surface area contributed by atoms with Crippen molar-refractivity contribution in [3.05, 3.63) is 23.3 Å². The Bertz CT molecular complexity index is 590. The molecule has 0 atom stereocenters. The Morgan fingerprint density at radius 3 is 2.30 bits per heavy atom. The Kier molecular flexibility index (Phi) is 4.87. The Morgan fingerprint density at radius 2 is 1.80 bits per heavy atom. The molecule has 114 valence electrons. The average molecular weight is 298 g/mol. The highest BCUT2D eigenvalue weighted by Gasteiger charge is 2.27. The van der Waals surface area contributed by atoms with Crippen LogP contribution in [0.25, 0.3) is 0 Å². The van der Waals surface area contributed by atoms with Crippen LogP contribution in [0.15, 0.2) is 17.0 Å². The quantitative estimate of drug-likeness (QED) is 0.821. The molecule has 0 spiro atoms. The minimum atomic E-state index is -3.59. The number of aryl methyl sites for hydroxylation is 1. The number of benzene rings is 1. The van der Waals surface area contributed by atoms with Gasteiger partial charge in [0.15, 0.2) is 0 Å². The van der Waals surface area contributed by atoms with Gasteiger partial charge in [0.1, 0.15) is 4.90 Å². The SMILES string of the molecule is Cc1ccc(N)c(S(=O)(=O)NCC(C)(C)C(C)C)c1C. The summed E-state index contributed by atoms with van der Waals surface area (Å²) in [5.41, 5.74) is 7.67. The van der Waals surface area contributed by atoms with Gasteiger partial charge in [0.25, 0.3) is 0 Å². The first kappa shape index (κ1) is 17.0. The molecule has 1 aromatic carbocycles. The van der Waals surface area contributed by atoms with Crippen LogP contribution in [0, 0.1) is 25.2 Å². The first-order valence-electron chi connectivity index (χ1n) is 6.84. The van der Waals surface area contributed by atoms with E-state index in [2.05, 4.69) is 18.6 Å². The van der Waals surface area contributed by atoms with E-state index in [4.69, 9.17) is 5.73 Å². The van der Waals surface area contributed by atoms with Crippen molar-refractivity contribution in [2.45, 2.75) is 46.4 Å². The fourth-order valence-electron chi connectivity index (χ4n) is 1.73. The van der Waals surface area contributed by atoms with E-state index in [9.17, 15) is 8.42 Å². The molecule has 0 aromatic heterocycles. The van der Waals surface area contributed by atoms with E-state index in [1.807, 2.05) is 26.8 Å². The van der Waals surface area contributed by atoms with Crippen LogP contribution in [0.4, 0.5) is 5.69 Å². The summed E-state index contributed by atoms with van der Waals surface area (Å²) in [5, 5.41) is 0. The molecule has 0 amide bonds. The Balaban J connectivity index is 3.11. The van der Waals surface area contributed by atoms with Crippen LogP contribution < -0.4 is 10.5 Å². The monoisotopic (exact) mass is 298 g/mol. The first-order chi connectivity index (χ1) is 8.99. The minimum Gasteiger partial charge on any atom is -0.398 e. The smallest absolute Gasteiger partial charge is 0.242 e. The molecule has 0 aliphatic rings. The molecule has 0 aliphatic carbocycles. The van der Waals surface area contributed by atoms with E-state index in [1.54, 1.807) is 13.0 Å². The second-order valence-corrected chi connectivity index (χ2v) is 8.10. The number of nitrogens with one attached hydrogen (secondary N) is 1. The van der Waals surface area contributed by atoms with Gasteiger partial charge >= 0.3 is 0 Å². The fraction of sp³-hybridized carbons (Fsp3) is 0.600. The van der Waals surface area contributed by atoms with Gasteiger partial charge in [0, 0.05) is 6.54 Å². The van der Waals surface area contributed by atoms with Gasteiger partial charge in [-0.25, -0.2) is 13.1 Å². The van der Waals surface area contributed by atoms with Gasteiger partial charge in [-0.15, -0.1) is 0 Å². The molecular weight excluding hydrogens is 272 g/mol. The van der Waals surface area contributed by atoms with E-state index in [0.29, 0.717) is 23.7 Å². The number of nitrogens with two attached hydrogens (primary N) is 1. The first-order valence-corrected chi connectivity index (χ1v) is 8.32. The van der Waals surface area contributed by atoms with Crippen molar-refractivity contribution in [1.82, 2.24) is 4.72 Å². The van der Waals surface area contributed by atoms with Gasteiger partial charge in [-0.2, -0.15) is 0 Å². The van der Waals surface area contributed by atoms with Gasteiger partial charge < -0.3 is 5.73 Å². The van der Waals surface area contributed by atoms with Crippen LogP contribution in [-0.4, -0.2) is 15.0 Å². The lowest BCUT2D eigenvalue weighted by Crippen LogP contribution is -2.37. The van der Waals surface area contributed by atoms with Crippen LogP contribution >= 0.6 is 0 Å². The van der Waals surface area contributed by atoms with Gasteiger partial charge in [0.05, 0.1) is 5.69 Å². The Hall–Kier alpha value is -1.07. The third-order valence-electron chi connectivity index (χ3n) is 4.26.